The number of likely N-dealkylation sites (tertiary alicyclic amines) is 1. The number of amides is 2. The lowest BCUT2D eigenvalue weighted by molar-refractivity contribution is -0.384. The van der Waals surface area contributed by atoms with Crippen LogP contribution in [0.3, 0.4) is 0 Å². The van der Waals surface area contributed by atoms with Gasteiger partial charge in [0.25, 0.3) is 5.69 Å². The number of hydrogen-bond donors (Lipinski definition) is 0. The fourth-order valence-electron chi connectivity index (χ4n) is 2.15. The molecular weight excluding hydrogens is 284 g/mol. The summed E-state index contributed by atoms with van der Waals surface area (Å²) >= 11 is 5.97. The first-order valence-electron chi connectivity index (χ1n) is 6.00. The van der Waals surface area contributed by atoms with Crippen molar-refractivity contribution in [2.24, 2.45) is 5.41 Å². The van der Waals surface area contributed by atoms with Crippen LogP contribution in [0, 0.1) is 15.5 Å². The zero-order valence-corrected chi connectivity index (χ0v) is 11.8. The van der Waals surface area contributed by atoms with E-state index in [0.717, 1.165) is 4.90 Å². The van der Waals surface area contributed by atoms with E-state index < -0.39 is 10.3 Å². The predicted octanol–water partition coefficient (Wildman–Crippen LogP) is 2.53. The fraction of sp³-hybridized carbons (Fsp3) is 0.385. The van der Waals surface area contributed by atoms with Crippen LogP contribution in [0.2, 0.25) is 5.02 Å². The van der Waals surface area contributed by atoms with Crippen molar-refractivity contribution in [2.75, 3.05) is 0 Å². The molecule has 0 aliphatic carbocycles. The number of carbonyl (C=O) groups is 2. The van der Waals surface area contributed by atoms with Gasteiger partial charge in [-0.1, -0.05) is 25.4 Å². The summed E-state index contributed by atoms with van der Waals surface area (Å²) < 4.78 is 0. The van der Waals surface area contributed by atoms with Gasteiger partial charge in [-0.2, -0.15) is 0 Å². The Bertz CT molecular complexity index is 612. The standard InChI is InChI=1S/C13H13ClN2O4/c1-13(2)6-11(17)15(12(13)18)7-8-5-9(16(19)20)3-4-10(8)14/h3-5H,6-7H2,1-2H3. The summed E-state index contributed by atoms with van der Waals surface area (Å²) in [6, 6.07) is 3.96. The lowest BCUT2D eigenvalue weighted by Gasteiger charge is -2.18. The normalized spacial score (nSPS) is 17.6. The van der Waals surface area contributed by atoms with Crippen LogP contribution in [0.5, 0.6) is 0 Å². The molecule has 1 aliphatic rings. The molecule has 2 rings (SSSR count). The van der Waals surface area contributed by atoms with Crippen molar-refractivity contribution < 1.29 is 14.5 Å². The second kappa shape index (κ2) is 4.86. The van der Waals surface area contributed by atoms with E-state index in [1.54, 1.807) is 13.8 Å². The number of carbonyl (C=O) groups excluding carboxylic acids is 2. The molecule has 0 aromatic heterocycles. The molecule has 20 heavy (non-hydrogen) atoms. The summed E-state index contributed by atoms with van der Waals surface area (Å²) in [7, 11) is 0. The van der Waals surface area contributed by atoms with Crippen molar-refractivity contribution in [2.45, 2.75) is 26.8 Å². The van der Waals surface area contributed by atoms with E-state index in [2.05, 4.69) is 0 Å². The van der Waals surface area contributed by atoms with Crippen LogP contribution in [-0.2, 0) is 16.1 Å². The summed E-state index contributed by atoms with van der Waals surface area (Å²) in [5, 5.41) is 11.0. The van der Waals surface area contributed by atoms with Crippen LogP contribution in [0.25, 0.3) is 0 Å². The van der Waals surface area contributed by atoms with Crippen molar-refractivity contribution in [3.05, 3.63) is 38.9 Å². The van der Waals surface area contributed by atoms with Crippen molar-refractivity contribution in [3.63, 3.8) is 0 Å². The van der Waals surface area contributed by atoms with Crippen molar-refractivity contribution in [1.82, 2.24) is 4.90 Å². The van der Waals surface area contributed by atoms with Crippen molar-refractivity contribution in [1.29, 1.82) is 0 Å². The number of benzene rings is 1. The number of non-ortho nitro benzene ring substituents is 1. The fourth-order valence-corrected chi connectivity index (χ4v) is 2.33. The average Bonchev–Trinajstić information content (AvgIpc) is 2.53. The Hall–Kier alpha value is -1.95. The number of nitro groups is 1. The Kier molecular flexibility index (Phi) is 3.52. The smallest absolute Gasteiger partial charge is 0.269 e. The summed E-state index contributed by atoms with van der Waals surface area (Å²) in [4.78, 5) is 35.3. The summed E-state index contributed by atoms with van der Waals surface area (Å²) in [5.74, 6) is -0.576. The van der Waals surface area contributed by atoms with E-state index in [4.69, 9.17) is 11.6 Å². The highest BCUT2D eigenvalue weighted by Crippen LogP contribution is 2.34. The third-order valence-corrected chi connectivity index (χ3v) is 3.66. The molecule has 0 N–H and O–H groups in total. The van der Waals surface area contributed by atoms with E-state index in [-0.39, 0.29) is 30.5 Å². The van der Waals surface area contributed by atoms with Crippen LogP contribution in [0.15, 0.2) is 18.2 Å². The summed E-state index contributed by atoms with van der Waals surface area (Å²) in [5.41, 5.74) is -0.465. The highest BCUT2D eigenvalue weighted by Gasteiger charge is 2.44. The average molecular weight is 297 g/mol. The second-order valence-electron chi connectivity index (χ2n) is 5.38. The highest BCUT2D eigenvalue weighted by atomic mass is 35.5. The van der Waals surface area contributed by atoms with Gasteiger partial charge in [-0.25, -0.2) is 0 Å². The monoisotopic (exact) mass is 296 g/mol. The van der Waals surface area contributed by atoms with Gasteiger partial charge in [-0.15, -0.1) is 0 Å². The van der Waals surface area contributed by atoms with E-state index in [0.29, 0.717) is 10.6 Å². The maximum Gasteiger partial charge on any atom is 0.269 e. The molecule has 1 aromatic rings. The molecule has 1 saturated heterocycles. The minimum atomic E-state index is -0.732. The molecule has 0 radical (unpaired) electrons. The van der Waals surface area contributed by atoms with Gasteiger partial charge in [0.05, 0.1) is 16.9 Å². The highest BCUT2D eigenvalue weighted by molar-refractivity contribution is 6.31. The minimum Gasteiger partial charge on any atom is -0.278 e. The van der Waals surface area contributed by atoms with Gasteiger partial charge in [0.15, 0.2) is 0 Å². The molecule has 0 spiro atoms. The molecule has 1 aliphatic heterocycles. The number of nitrogens with zero attached hydrogens (tertiary/aromatic N) is 2. The molecular formula is C13H13ClN2O4. The topological polar surface area (TPSA) is 80.5 Å². The Morgan fingerprint density at radius 2 is 2.05 bits per heavy atom. The maximum atomic E-state index is 12.1. The van der Waals surface area contributed by atoms with Crippen LogP contribution in [-0.4, -0.2) is 21.6 Å². The van der Waals surface area contributed by atoms with Crippen molar-refractivity contribution >= 4 is 29.1 Å². The van der Waals surface area contributed by atoms with Gasteiger partial charge >= 0.3 is 0 Å². The molecule has 1 fully saturated rings. The van der Waals surface area contributed by atoms with Gasteiger partial charge in [0, 0.05) is 23.6 Å². The van der Waals surface area contributed by atoms with E-state index in [1.165, 1.54) is 18.2 Å². The first-order valence-corrected chi connectivity index (χ1v) is 6.38. The van der Waals surface area contributed by atoms with Gasteiger partial charge < -0.3 is 0 Å². The number of halogens is 1. The van der Waals surface area contributed by atoms with Crippen LogP contribution in [0.1, 0.15) is 25.8 Å². The SMILES string of the molecule is CC1(C)CC(=O)N(Cc2cc([N+](=O)[O-])ccc2Cl)C1=O. The van der Waals surface area contributed by atoms with Gasteiger partial charge in [0.2, 0.25) is 11.8 Å². The Balaban J connectivity index is 2.31. The molecule has 0 saturated carbocycles. The van der Waals surface area contributed by atoms with Gasteiger partial charge in [0.1, 0.15) is 0 Å². The number of imide groups is 1. The molecule has 0 unspecified atom stereocenters. The Labute approximate surface area is 120 Å². The second-order valence-corrected chi connectivity index (χ2v) is 5.79. The zero-order valence-electron chi connectivity index (χ0n) is 11.1. The molecule has 0 atom stereocenters. The molecule has 7 heteroatoms. The number of hydrogen-bond acceptors (Lipinski definition) is 4. The molecule has 0 bridgehead atoms. The van der Waals surface area contributed by atoms with Crippen LogP contribution < -0.4 is 0 Å². The predicted molar refractivity (Wildman–Crippen MR) is 72.1 cm³/mol. The van der Waals surface area contributed by atoms with Crippen molar-refractivity contribution in [3.8, 4) is 0 Å². The first kappa shape index (κ1) is 14.5. The number of rotatable bonds is 3. The molecule has 106 valence electrons. The number of nitro benzene ring substituents is 1. The third-order valence-electron chi connectivity index (χ3n) is 3.29. The van der Waals surface area contributed by atoms with Crippen LogP contribution >= 0.6 is 11.6 Å². The van der Waals surface area contributed by atoms with E-state index in [9.17, 15) is 19.7 Å². The lowest BCUT2D eigenvalue weighted by atomic mass is 9.92. The molecule has 6 nitrogen and oxygen atoms in total. The Morgan fingerprint density at radius 3 is 2.55 bits per heavy atom. The van der Waals surface area contributed by atoms with Crippen LogP contribution in [0.4, 0.5) is 5.69 Å². The largest absolute Gasteiger partial charge is 0.278 e. The summed E-state index contributed by atoms with van der Waals surface area (Å²) in [6.45, 7) is 3.35. The van der Waals surface area contributed by atoms with E-state index >= 15 is 0 Å². The first-order chi connectivity index (χ1) is 9.22. The van der Waals surface area contributed by atoms with Gasteiger partial charge in [-0.3, -0.25) is 24.6 Å². The molecule has 2 amide bonds. The lowest BCUT2D eigenvalue weighted by Crippen LogP contribution is -2.32. The Morgan fingerprint density at radius 1 is 1.40 bits per heavy atom. The summed E-state index contributed by atoms with van der Waals surface area (Å²) in [6.07, 6.45) is 0.137. The van der Waals surface area contributed by atoms with E-state index in [1.807, 2.05) is 0 Å². The zero-order chi connectivity index (χ0) is 15.1. The third kappa shape index (κ3) is 2.51. The minimum absolute atomic E-state index is 0.0401. The molecule has 1 aromatic carbocycles. The molecule has 1 heterocycles. The maximum absolute atomic E-state index is 12.1. The van der Waals surface area contributed by atoms with Gasteiger partial charge in [-0.05, 0) is 11.6 Å². The quantitative estimate of drug-likeness (QED) is 0.487.